The molecule has 5 heteroatoms. The predicted molar refractivity (Wildman–Crippen MR) is 76.0 cm³/mol. The average molecular weight is 300 g/mol. The normalized spacial score (nSPS) is 17.8. The molecule has 3 nitrogen and oxygen atoms in total. The Morgan fingerprint density at radius 3 is 2.75 bits per heavy atom. The maximum atomic E-state index is 13.3. The first kappa shape index (κ1) is 15.3. The number of rotatable bonds is 4. The number of nitrogens with one attached hydrogen (secondary N) is 1. The quantitative estimate of drug-likeness (QED) is 0.897. The molecule has 1 fully saturated rings. The molecule has 2 rings (SSSR count). The van der Waals surface area contributed by atoms with Gasteiger partial charge in [-0.3, -0.25) is 4.79 Å². The van der Waals surface area contributed by atoms with Crippen LogP contribution in [-0.4, -0.2) is 17.6 Å². The fraction of sp³-hybridized carbons (Fsp3) is 0.533. The van der Waals surface area contributed by atoms with Gasteiger partial charge in [0.2, 0.25) is 5.91 Å². The van der Waals surface area contributed by atoms with Crippen molar-refractivity contribution in [2.45, 2.75) is 38.2 Å². The maximum Gasteiger partial charge on any atom is 0.223 e. The maximum absolute atomic E-state index is 13.3. The third-order valence-corrected chi connectivity index (χ3v) is 4.08. The number of carbonyl (C=O) groups excluding carboxylic acids is 1. The lowest BCUT2D eigenvalue weighted by Gasteiger charge is -2.21. The van der Waals surface area contributed by atoms with E-state index in [1.807, 2.05) is 0 Å². The number of amides is 1. The van der Waals surface area contributed by atoms with Crippen LogP contribution in [0.3, 0.4) is 0 Å². The van der Waals surface area contributed by atoms with Crippen LogP contribution in [0.15, 0.2) is 18.2 Å². The first-order valence-corrected chi connectivity index (χ1v) is 7.36. The fourth-order valence-corrected chi connectivity index (χ4v) is 2.66. The zero-order chi connectivity index (χ0) is 14.5. The van der Waals surface area contributed by atoms with Crippen LogP contribution in [-0.2, 0) is 4.79 Å². The Morgan fingerprint density at radius 1 is 1.40 bits per heavy atom. The number of benzene rings is 1. The van der Waals surface area contributed by atoms with E-state index in [4.69, 9.17) is 11.6 Å². The molecule has 0 aliphatic heterocycles. The summed E-state index contributed by atoms with van der Waals surface area (Å²) in [5, 5.41) is 12.7. The van der Waals surface area contributed by atoms with Crippen molar-refractivity contribution in [3.05, 3.63) is 34.6 Å². The van der Waals surface area contributed by atoms with Gasteiger partial charge in [-0.05, 0) is 30.5 Å². The first-order chi connectivity index (χ1) is 9.58. The van der Waals surface area contributed by atoms with E-state index in [1.165, 1.54) is 18.6 Å². The van der Waals surface area contributed by atoms with Crippen LogP contribution in [0.5, 0.6) is 0 Å². The molecule has 1 unspecified atom stereocenters. The van der Waals surface area contributed by atoms with Crippen molar-refractivity contribution in [1.29, 1.82) is 0 Å². The van der Waals surface area contributed by atoms with Crippen LogP contribution >= 0.6 is 11.6 Å². The fourth-order valence-electron chi connectivity index (χ4n) is 2.54. The standard InChI is InChI=1S/C15H19ClFNO2/c16-12-7-6-11(8-13(12)17)14(19)9-18-15(20)10-4-2-1-3-5-10/h6-8,10,14,19H,1-5,9H2,(H,18,20). The van der Waals surface area contributed by atoms with Gasteiger partial charge in [0.25, 0.3) is 0 Å². The second-order valence-corrected chi connectivity index (χ2v) is 5.68. The van der Waals surface area contributed by atoms with Crippen LogP contribution in [0.25, 0.3) is 0 Å². The van der Waals surface area contributed by atoms with E-state index in [2.05, 4.69) is 5.32 Å². The van der Waals surface area contributed by atoms with Crippen LogP contribution in [0.2, 0.25) is 5.02 Å². The molecule has 0 heterocycles. The number of hydrogen-bond acceptors (Lipinski definition) is 2. The molecule has 1 aromatic carbocycles. The summed E-state index contributed by atoms with van der Waals surface area (Å²) < 4.78 is 13.3. The van der Waals surface area contributed by atoms with Gasteiger partial charge in [0.1, 0.15) is 5.82 Å². The molecule has 0 bridgehead atoms. The van der Waals surface area contributed by atoms with Gasteiger partial charge in [-0.2, -0.15) is 0 Å². The highest BCUT2D eigenvalue weighted by molar-refractivity contribution is 6.30. The molecule has 20 heavy (non-hydrogen) atoms. The van der Waals surface area contributed by atoms with Gasteiger partial charge in [0, 0.05) is 12.5 Å². The van der Waals surface area contributed by atoms with Crippen molar-refractivity contribution in [2.75, 3.05) is 6.54 Å². The summed E-state index contributed by atoms with van der Waals surface area (Å²) in [5.41, 5.74) is 0.413. The Morgan fingerprint density at radius 2 is 2.10 bits per heavy atom. The van der Waals surface area contributed by atoms with Gasteiger partial charge in [-0.1, -0.05) is 36.9 Å². The molecule has 1 aliphatic rings. The van der Waals surface area contributed by atoms with Crippen molar-refractivity contribution in [3.8, 4) is 0 Å². The highest BCUT2D eigenvalue weighted by atomic mass is 35.5. The van der Waals surface area contributed by atoms with E-state index < -0.39 is 11.9 Å². The minimum absolute atomic E-state index is 0.0156. The van der Waals surface area contributed by atoms with Gasteiger partial charge >= 0.3 is 0 Å². The molecule has 1 aromatic rings. The molecular formula is C15H19ClFNO2. The van der Waals surface area contributed by atoms with E-state index in [9.17, 15) is 14.3 Å². The summed E-state index contributed by atoms with van der Waals surface area (Å²) in [6.45, 7) is 0.0937. The predicted octanol–water partition coefficient (Wildman–Crippen LogP) is 3.21. The third-order valence-electron chi connectivity index (χ3n) is 3.77. The van der Waals surface area contributed by atoms with E-state index >= 15 is 0 Å². The van der Waals surface area contributed by atoms with E-state index in [0.29, 0.717) is 5.56 Å². The molecule has 0 spiro atoms. The summed E-state index contributed by atoms with van der Waals surface area (Å²) in [6.07, 6.45) is 4.27. The van der Waals surface area contributed by atoms with Crippen molar-refractivity contribution in [2.24, 2.45) is 5.92 Å². The van der Waals surface area contributed by atoms with E-state index in [0.717, 1.165) is 25.7 Å². The molecule has 0 saturated heterocycles. The molecule has 0 radical (unpaired) electrons. The smallest absolute Gasteiger partial charge is 0.223 e. The van der Waals surface area contributed by atoms with E-state index in [-0.39, 0.29) is 23.4 Å². The number of aliphatic hydroxyl groups excluding tert-OH is 1. The van der Waals surface area contributed by atoms with Gasteiger partial charge in [-0.15, -0.1) is 0 Å². The molecule has 1 atom stereocenters. The van der Waals surface area contributed by atoms with Gasteiger partial charge in [0.05, 0.1) is 11.1 Å². The highest BCUT2D eigenvalue weighted by Gasteiger charge is 2.21. The Bertz CT molecular complexity index is 475. The molecule has 0 aromatic heterocycles. The Balaban J connectivity index is 1.86. The molecule has 1 saturated carbocycles. The summed E-state index contributed by atoms with van der Waals surface area (Å²) in [4.78, 5) is 11.9. The third kappa shape index (κ3) is 3.93. The van der Waals surface area contributed by atoms with Crippen molar-refractivity contribution in [3.63, 3.8) is 0 Å². The van der Waals surface area contributed by atoms with Crippen LogP contribution in [0.4, 0.5) is 4.39 Å². The van der Waals surface area contributed by atoms with Crippen molar-refractivity contribution in [1.82, 2.24) is 5.32 Å². The molecule has 110 valence electrons. The lowest BCUT2D eigenvalue weighted by atomic mass is 9.88. The zero-order valence-corrected chi connectivity index (χ0v) is 12.0. The Hall–Kier alpha value is -1.13. The van der Waals surface area contributed by atoms with Crippen molar-refractivity contribution >= 4 is 17.5 Å². The number of aliphatic hydroxyl groups is 1. The number of carbonyl (C=O) groups is 1. The summed E-state index contributed by atoms with van der Waals surface area (Å²) in [7, 11) is 0. The molecule has 2 N–H and O–H groups in total. The lowest BCUT2D eigenvalue weighted by Crippen LogP contribution is -2.34. The zero-order valence-electron chi connectivity index (χ0n) is 11.2. The number of halogens is 2. The minimum Gasteiger partial charge on any atom is -0.387 e. The summed E-state index contributed by atoms with van der Waals surface area (Å²) in [5.74, 6) is -0.530. The molecule has 1 aliphatic carbocycles. The first-order valence-electron chi connectivity index (χ1n) is 6.98. The van der Waals surface area contributed by atoms with E-state index in [1.54, 1.807) is 6.07 Å². The van der Waals surface area contributed by atoms with Crippen LogP contribution in [0, 0.1) is 11.7 Å². The Labute approximate surface area is 123 Å². The second-order valence-electron chi connectivity index (χ2n) is 5.27. The van der Waals surface area contributed by atoms with Crippen molar-refractivity contribution < 1.29 is 14.3 Å². The monoisotopic (exact) mass is 299 g/mol. The number of hydrogen-bond donors (Lipinski definition) is 2. The molecular weight excluding hydrogens is 281 g/mol. The average Bonchev–Trinajstić information content (AvgIpc) is 2.48. The highest BCUT2D eigenvalue weighted by Crippen LogP contribution is 2.24. The topological polar surface area (TPSA) is 49.3 Å². The SMILES string of the molecule is O=C(NCC(O)c1ccc(Cl)c(F)c1)C1CCCCC1. The van der Waals surface area contributed by atoms with Gasteiger partial charge < -0.3 is 10.4 Å². The largest absolute Gasteiger partial charge is 0.387 e. The van der Waals surface area contributed by atoms with Crippen LogP contribution in [0.1, 0.15) is 43.8 Å². The molecule has 1 amide bonds. The second kappa shape index (κ2) is 7.04. The van der Waals surface area contributed by atoms with Gasteiger partial charge in [0.15, 0.2) is 0 Å². The minimum atomic E-state index is -0.922. The Kier molecular flexibility index (Phi) is 5.38. The van der Waals surface area contributed by atoms with Gasteiger partial charge in [-0.25, -0.2) is 4.39 Å². The summed E-state index contributed by atoms with van der Waals surface area (Å²) >= 11 is 5.59. The lowest BCUT2D eigenvalue weighted by molar-refractivity contribution is -0.126. The summed E-state index contributed by atoms with van der Waals surface area (Å²) in [6, 6.07) is 4.15. The van der Waals surface area contributed by atoms with Crippen LogP contribution < -0.4 is 5.32 Å².